The van der Waals surface area contributed by atoms with Crippen LogP contribution in [0.4, 0.5) is 0 Å². The molecule has 0 saturated carbocycles. The van der Waals surface area contributed by atoms with Crippen LogP contribution in [-0.4, -0.2) is 29.1 Å². The van der Waals surface area contributed by atoms with Crippen molar-refractivity contribution in [2.24, 2.45) is 0 Å². The molecule has 0 aliphatic heterocycles. The first-order chi connectivity index (χ1) is 17.9. The summed E-state index contributed by atoms with van der Waals surface area (Å²) in [5, 5.41) is 5.67. The van der Waals surface area contributed by atoms with Crippen molar-refractivity contribution >= 4 is 16.7 Å². The van der Waals surface area contributed by atoms with Gasteiger partial charge in [-0.2, -0.15) is 0 Å². The minimum Gasteiger partial charge on any atom is -0.467 e. The van der Waals surface area contributed by atoms with Gasteiger partial charge in [0.25, 0.3) is 0 Å². The molecule has 0 atom stereocenters. The Morgan fingerprint density at radius 3 is 2.25 bits per heavy atom. The minimum absolute atomic E-state index is 0.535. The van der Waals surface area contributed by atoms with Crippen LogP contribution in [0.5, 0.6) is 0 Å². The van der Waals surface area contributed by atoms with Gasteiger partial charge in [-0.3, -0.25) is 4.98 Å². The SMILES string of the molecule is c1ccc(-c2c(-c3ccccc3)n(Cc3ccco3)c3ncn4nc(-c5cccnc5)nc4c23)cc1. The molecular weight excluding hydrogens is 448 g/mol. The van der Waals surface area contributed by atoms with Crippen molar-refractivity contribution in [1.29, 1.82) is 0 Å². The van der Waals surface area contributed by atoms with Crippen LogP contribution < -0.4 is 0 Å². The molecule has 5 heterocycles. The molecule has 7 heteroatoms. The lowest BCUT2D eigenvalue weighted by atomic mass is 9.99. The molecule has 0 fully saturated rings. The number of nitrogens with zero attached hydrogens (tertiary/aromatic N) is 6. The third kappa shape index (κ3) is 3.29. The van der Waals surface area contributed by atoms with Crippen molar-refractivity contribution in [3.8, 4) is 33.8 Å². The van der Waals surface area contributed by atoms with Crippen molar-refractivity contribution in [2.45, 2.75) is 6.54 Å². The first-order valence-electron chi connectivity index (χ1n) is 11.7. The molecular formula is C29H20N6O. The lowest BCUT2D eigenvalue weighted by Crippen LogP contribution is -2.03. The van der Waals surface area contributed by atoms with E-state index in [4.69, 9.17) is 19.5 Å². The van der Waals surface area contributed by atoms with Crippen LogP contribution in [0.1, 0.15) is 5.76 Å². The van der Waals surface area contributed by atoms with E-state index in [0.29, 0.717) is 12.4 Å². The monoisotopic (exact) mass is 468 g/mol. The van der Waals surface area contributed by atoms with E-state index >= 15 is 0 Å². The van der Waals surface area contributed by atoms with Gasteiger partial charge in [-0.1, -0.05) is 60.7 Å². The van der Waals surface area contributed by atoms with Gasteiger partial charge in [0, 0.05) is 23.5 Å². The van der Waals surface area contributed by atoms with Gasteiger partial charge in [0.15, 0.2) is 11.5 Å². The summed E-state index contributed by atoms with van der Waals surface area (Å²) >= 11 is 0. The van der Waals surface area contributed by atoms with Crippen molar-refractivity contribution in [3.05, 3.63) is 116 Å². The molecule has 5 aromatic heterocycles. The van der Waals surface area contributed by atoms with Crippen LogP contribution in [0.15, 0.2) is 114 Å². The normalized spacial score (nSPS) is 11.4. The number of pyridine rings is 1. The predicted molar refractivity (Wildman–Crippen MR) is 138 cm³/mol. The van der Waals surface area contributed by atoms with E-state index in [1.807, 2.05) is 36.4 Å². The molecule has 0 amide bonds. The van der Waals surface area contributed by atoms with Crippen LogP contribution in [-0.2, 0) is 6.54 Å². The second kappa shape index (κ2) is 8.32. The Morgan fingerprint density at radius 1 is 0.750 bits per heavy atom. The van der Waals surface area contributed by atoms with Crippen LogP contribution >= 0.6 is 0 Å². The summed E-state index contributed by atoms with van der Waals surface area (Å²) in [5.74, 6) is 1.46. The average Bonchev–Trinajstić information content (AvgIpc) is 3.68. The number of hydrogen-bond donors (Lipinski definition) is 0. The maximum Gasteiger partial charge on any atom is 0.183 e. The zero-order valence-electron chi connectivity index (χ0n) is 19.2. The Hall–Kier alpha value is -5.04. The average molecular weight is 469 g/mol. The molecule has 7 rings (SSSR count). The second-order valence-electron chi connectivity index (χ2n) is 8.51. The Kier molecular flexibility index (Phi) is 4.70. The first kappa shape index (κ1) is 20.3. The number of rotatable bonds is 5. The smallest absolute Gasteiger partial charge is 0.183 e. The second-order valence-corrected chi connectivity index (χ2v) is 8.51. The van der Waals surface area contributed by atoms with Crippen molar-refractivity contribution in [3.63, 3.8) is 0 Å². The molecule has 7 nitrogen and oxygen atoms in total. The number of aromatic nitrogens is 6. The lowest BCUT2D eigenvalue weighted by molar-refractivity contribution is 0.497. The van der Waals surface area contributed by atoms with Crippen molar-refractivity contribution in [2.75, 3.05) is 0 Å². The highest BCUT2D eigenvalue weighted by Gasteiger charge is 2.25. The molecule has 36 heavy (non-hydrogen) atoms. The third-order valence-electron chi connectivity index (χ3n) is 6.30. The Bertz CT molecular complexity index is 1790. The molecule has 0 spiro atoms. The number of hydrogen-bond acceptors (Lipinski definition) is 5. The summed E-state index contributed by atoms with van der Waals surface area (Å²) in [7, 11) is 0. The van der Waals surface area contributed by atoms with E-state index in [2.05, 4.69) is 58.1 Å². The highest BCUT2D eigenvalue weighted by Crippen LogP contribution is 2.42. The summed E-state index contributed by atoms with van der Waals surface area (Å²) in [6.07, 6.45) is 6.95. The fourth-order valence-electron chi connectivity index (χ4n) is 4.75. The van der Waals surface area contributed by atoms with Crippen LogP contribution in [0.25, 0.3) is 50.5 Å². The molecule has 0 radical (unpaired) electrons. The highest BCUT2D eigenvalue weighted by molar-refractivity contribution is 6.09. The first-order valence-corrected chi connectivity index (χ1v) is 11.7. The third-order valence-corrected chi connectivity index (χ3v) is 6.30. The van der Waals surface area contributed by atoms with E-state index < -0.39 is 0 Å². The van der Waals surface area contributed by atoms with Crippen LogP contribution in [0, 0.1) is 0 Å². The maximum atomic E-state index is 5.75. The molecule has 0 aliphatic rings. The zero-order chi connectivity index (χ0) is 23.9. The fourth-order valence-corrected chi connectivity index (χ4v) is 4.75. The fraction of sp³-hybridized carbons (Fsp3) is 0.0345. The van der Waals surface area contributed by atoms with Crippen molar-refractivity contribution < 1.29 is 4.42 Å². The van der Waals surface area contributed by atoms with E-state index in [0.717, 1.165) is 50.4 Å². The Balaban J connectivity index is 1.61. The summed E-state index contributed by atoms with van der Waals surface area (Å²) in [6, 6.07) is 28.5. The molecule has 0 N–H and O–H groups in total. The maximum absolute atomic E-state index is 5.75. The van der Waals surface area contributed by atoms with E-state index in [9.17, 15) is 0 Å². The van der Waals surface area contributed by atoms with Gasteiger partial charge in [-0.15, -0.1) is 5.10 Å². The summed E-state index contributed by atoms with van der Waals surface area (Å²) in [6.45, 7) is 0.535. The number of fused-ring (bicyclic) bond motifs is 3. The number of benzene rings is 2. The van der Waals surface area contributed by atoms with Gasteiger partial charge in [0.05, 0.1) is 23.9 Å². The topological polar surface area (TPSA) is 74.0 Å². The molecule has 2 aromatic carbocycles. The van der Waals surface area contributed by atoms with Gasteiger partial charge in [0.2, 0.25) is 0 Å². The largest absolute Gasteiger partial charge is 0.467 e. The van der Waals surface area contributed by atoms with Gasteiger partial charge in [-0.05, 0) is 35.4 Å². The Morgan fingerprint density at radius 2 is 1.53 bits per heavy atom. The molecule has 172 valence electrons. The lowest BCUT2D eigenvalue weighted by Gasteiger charge is -2.11. The summed E-state index contributed by atoms with van der Waals surface area (Å²) in [5.41, 5.74) is 6.71. The molecule has 0 saturated heterocycles. The molecule has 7 aromatic rings. The van der Waals surface area contributed by atoms with E-state index in [-0.39, 0.29) is 0 Å². The molecule has 0 unspecified atom stereocenters. The van der Waals surface area contributed by atoms with E-state index in [1.165, 1.54) is 0 Å². The summed E-state index contributed by atoms with van der Waals surface area (Å²) in [4.78, 5) is 14.1. The van der Waals surface area contributed by atoms with Gasteiger partial charge in [-0.25, -0.2) is 14.5 Å². The molecule has 0 bridgehead atoms. The van der Waals surface area contributed by atoms with Gasteiger partial charge < -0.3 is 8.98 Å². The minimum atomic E-state index is 0.535. The highest BCUT2D eigenvalue weighted by atomic mass is 16.3. The van der Waals surface area contributed by atoms with Gasteiger partial charge in [0.1, 0.15) is 17.7 Å². The summed E-state index contributed by atoms with van der Waals surface area (Å²) < 4.78 is 9.72. The quantitative estimate of drug-likeness (QED) is 0.304. The van der Waals surface area contributed by atoms with E-state index in [1.54, 1.807) is 29.5 Å². The standard InChI is InChI=1S/C29H20N6O/c1-3-9-20(10-4-1)24-25-28(31-19-35-29(25)32-27(33-35)22-13-7-15-30-17-22)34(18-23-14-8-16-36-23)26(24)21-11-5-2-6-12-21/h1-17,19H,18H2. The van der Waals surface area contributed by atoms with Gasteiger partial charge >= 0.3 is 0 Å². The molecule has 0 aliphatic carbocycles. The number of furan rings is 1. The Labute approximate surface area is 206 Å². The predicted octanol–water partition coefficient (Wildman–Crippen LogP) is 6.12. The van der Waals surface area contributed by atoms with Crippen LogP contribution in [0.2, 0.25) is 0 Å². The van der Waals surface area contributed by atoms with Crippen LogP contribution in [0.3, 0.4) is 0 Å². The zero-order valence-corrected chi connectivity index (χ0v) is 19.2. The van der Waals surface area contributed by atoms with Crippen molar-refractivity contribution in [1.82, 2.24) is 29.1 Å².